The summed E-state index contributed by atoms with van der Waals surface area (Å²) in [6.45, 7) is 0.547. The van der Waals surface area contributed by atoms with Crippen molar-refractivity contribution >= 4 is 45.3 Å². The molecule has 2 heterocycles. The fourth-order valence-corrected chi connectivity index (χ4v) is 5.08. The van der Waals surface area contributed by atoms with Crippen LogP contribution in [0.5, 0.6) is 0 Å². The third-order valence-electron chi connectivity index (χ3n) is 4.80. The summed E-state index contributed by atoms with van der Waals surface area (Å²) in [6.07, 6.45) is 4.03. The van der Waals surface area contributed by atoms with Gasteiger partial charge < -0.3 is 10.0 Å². The summed E-state index contributed by atoms with van der Waals surface area (Å²) in [5.41, 5.74) is 0.823. The van der Waals surface area contributed by atoms with Crippen LogP contribution in [0.15, 0.2) is 51.2 Å². The second kappa shape index (κ2) is 5.53. The number of carboxylic acid groups (broad SMARTS) is 1. The van der Waals surface area contributed by atoms with E-state index in [1.54, 1.807) is 16.7 Å². The second-order valence-electron chi connectivity index (χ2n) is 6.02. The van der Waals surface area contributed by atoms with Gasteiger partial charge in [-0.3, -0.25) is 9.59 Å². The zero-order valence-corrected chi connectivity index (χ0v) is 14.5. The van der Waals surface area contributed by atoms with Crippen LogP contribution >= 0.6 is 27.7 Å². The molecule has 0 saturated carbocycles. The molecular formula is C17H14BrNO3S. The van der Waals surface area contributed by atoms with E-state index in [0.29, 0.717) is 6.54 Å². The van der Waals surface area contributed by atoms with Crippen LogP contribution in [0.2, 0.25) is 0 Å². The van der Waals surface area contributed by atoms with E-state index in [0.717, 1.165) is 15.1 Å². The minimum Gasteiger partial charge on any atom is -0.481 e. The fourth-order valence-electron chi connectivity index (χ4n) is 3.77. The van der Waals surface area contributed by atoms with Gasteiger partial charge in [0, 0.05) is 28.5 Å². The smallest absolute Gasteiger partial charge is 0.308 e. The van der Waals surface area contributed by atoms with E-state index in [1.165, 1.54) is 0 Å². The summed E-state index contributed by atoms with van der Waals surface area (Å²) < 4.78 is 0.951. The Hall–Kier alpha value is -1.53. The molecule has 0 radical (unpaired) electrons. The maximum atomic E-state index is 12.9. The molecule has 118 valence electrons. The molecule has 0 unspecified atom stereocenters. The molecule has 0 aromatic heterocycles. The third kappa shape index (κ3) is 2.35. The van der Waals surface area contributed by atoms with Crippen molar-refractivity contribution in [1.29, 1.82) is 0 Å². The van der Waals surface area contributed by atoms with Crippen molar-refractivity contribution in [1.82, 2.24) is 0 Å². The van der Waals surface area contributed by atoms with Crippen LogP contribution in [0, 0.1) is 23.7 Å². The van der Waals surface area contributed by atoms with E-state index < -0.39 is 17.8 Å². The maximum Gasteiger partial charge on any atom is 0.308 e. The minimum absolute atomic E-state index is 0.0362. The largest absolute Gasteiger partial charge is 0.481 e. The van der Waals surface area contributed by atoms with Crippen LogP contribution < -0.4 is 4.90 Å². The first-order valence-electron chi connectivity index (χ1n) is 7.41. The number of thioether (sulfide) groups is 1. The first-order chi connectivity index (χ1) is 11.1. The van der Waals surface area contributed by atoms with Gasteiger partial charge in [-0.2, -0.15) is 0 Å². The highest BCUT2D eigenvalue weighted by Crippen LogP contribution is 2.50. The van der Waals surface area contributed by atoms with Crippen LogP contribution in [0.25, 0.3) is 0 Å². The molecule has 1 amide bonds. The average Bonchev–Trinajstić information content (AvgIpc) is 3.10. The lowest BCUT2D eigenvalue weighted by Gasteiger charge is -2.31. The molecule has 6 heteroatoms. The number of fused-ring (bicyclic) bond motifs is 2. The summed E-state index contributed by atoms with van der Waals surface area (Å²) in [5.74, 6) is -2.30. The highest BCUT2D eigenvalue weighted by atomic mass is 79.9. The molecule has 1 aromatic rings. The lowest BCUT2D eigenvalue weighted by Crippen LogP contribution is -2.39. The number of nitrogens with zero attached hydrogens (tertiary/aromatic N) is 1. The molecule has 1 saturated heterocycles. The second-order valence-corrected chi connectivity index (χ2v) is 7.92. The van der Waals surface area contributed by atoms with E-state index in [-0.39, 0.29) is 17.7 Å². The van der Waals surface area contributed by atoms with Gasteiger partial charge in [0.1, 0.15) is 0 Å². The van der Waals surface area contributed by atoms with Gasteiger partial charge in [-0.15, -0.1) is 11.8 Å². The van der Waals surface area contributed by atoms with Crippen LogP contribution in [0.4, 0.5) is 5.69 Å². The van der Waals surface area contributed by atoms with Gasteiger partial charge in [0.05, 0.1) is 11.8 Å². The van der Waals surface area contributed by atoms with Gasteiger partial charge in [0.2, 0.25) is 5.91 Å². The van der Waals surface area contributed by atoms with Gasteiger partial charge in [0.25, 0.3) is 0 Å². The lowest BCUT2D eigenvalue weighted by atomic mass is 9.71. The number of benzene rings is 1. The number of aliphatic carboxylic acids is 1. The zero-order chi connectivity index (χ0) is 16.1. The molecule has 0 spiro atoms. The molecule has 0 bridgehead atoms. The Kier molecular flexibility index (Phi) is 3.61. The summed E-state index contributed by atoms with van der Waals surface area (Å²) in [6, 6.07) is 7.56. The van der Waals surface area contributed by atoms with Crippen molar-refractivity contribution in [3.05, 3.63) is 51.2 Å². The molecule has 1 aliphatic carbocycles. The van der Waals surface area contributed by atoms with E-state index >= 15 is 0 Å². The quantitative estimate of drug-likeness (QED) is 0.837. The van der Waals surface area contributed by atoms with Crippen LogP contribution in [-0.2, 0) is 9.59 Å². The van der Waals surface area contributed by atoms with Crippen molar-refractivity contribution in [2.24, 2.45) is 23.7 Å². The Morgan fingerprint density at radius 1 is 1.30 bits per heavy atom. The van der Waals surface area contributed by atoms with Crippen LogP contribution in [0.3, 0.4) is 0 Å². The molecule has 1 fully saturated rings. The first-order valence-corrected chi connectivity index (χ1v) is 9.08. The van der Waals surface area contributed by atoms with E-state index in [2.05, 4.69) is 22.0 Å². The predicted octanol–water partition coefficient (Wildman–Crippen LogP) is 3.50. The molecule has 23 heavy (non-hydrogen) atoms. The van der Waals surface area contributed by atoms with Gasteiger partial charge in [-0.05, 0) is 34.6 Å². The maximum absolute atomic E-state index is 12.9. The van der Waals surface area contributed by atoms with E-state index in [4.69, 9.17) is 0 Å². The number of carboxylic acids is 1. The monoisotopic (exact) mass is 391 g/mol. The zero-order valence-electron chi connectivity index (χ0n) is 12.1. The summed E-state index contributed by atoms with van der Waals surface area (Å²) in [5, 5.41) is 11.6. The number of amides is 1. The Balaban J connectivity index is 1.71. The van der Waals surface area contributed by atoms with Crippen LogP contribution in [-0.4, -0.2) is 23.5 Å². The lowest BCUT2D eigenvalue weighted by molar-refractivity contribution is -0.148. The normalized spacial score (nSPS) is 31.8. The summed E-state index contributed by atoms with van der Waals surface area (Å²) >= 11 is 4.97. The van der Waals surface area contributed by atoms with Gasteiger partial charge in [0.15, 0.2) is 0 Å². The molecular weight excluding hydrogens is 378 g/mol. The number of hydrogen-bond acceptors (Lipinski definition) is 3. The fraction of sp³-hybridized carbons (Fsp3) is 0.294. The highest BCUT2D eigenvalue weighted by Gasteiger charge is 2.53. The van der Waals surface area contributed by atoms with Crippen molar-refractivity contribution in [2.45, 2.75) is 0 Å². The molecule has 3 aliphatic rings. The van der Waals surface area contributed by atoms with E-state index in [9.17, 15) is 14.7 Å². The molecule has 4 atom stereocenters. The van der Waals surface area contributed by atoms with Crippen molar-refractivity contribution in [3.8, 4) is 0 Å². The highest BCUT2D eigenvalue weighted by molar-refractivity contribution is 9.10. The number of allylic oxidation sites excluding steroid dienone is 2. The average molecular weight is 392 g/mol. The molecule has 2 aliphatic heterocycles. The number of carbonyl (C=O) groups is 2. The van der Waals surface area contributed by atoms with Crippen molar-refractivity contribution < 1.29 is 14.7 Å². The number of anilines is 1. The topological polar surface area (TPSA) is 57.6 Å². The Morgan fingerprint density at radius 3 is 2.74 bits per heavy atom. The van der Waals surface area contributed by atoms with E-state index in [1.807, 2.05) is 35.7 Å². The van der Waals surface area contributed by atoms with Crippen LogP contribution in [0.1, 0.15) is 0 Å². The van der Waals surface area contributed by atoms with Gasteiger partial charge >= 0.3 is 5.97 Å². The number of hydrogen-bond donors (Lipinski definition) is 1. The number of halogens is 1. The number of rotatable bonds is 2. The van der Waals surface area contributed by atoms with Crippen molar-refractivity contribution in [2.75, 3.05) is 11.4 Å². The standard InChI is InChI=1S/C17H14BrNO3S/c18-10-1-3-11(4-2-10)19-8-9-7-13-12(5-6-23-13)15(17(21)22)14(9)16(19)20/h1-7,9,12,14-15H,8H2,(H,21,22)/t9-,12-,14-,15+/m0/s1. The SMILES string of the molecule is O=C(O)[C@H]1[C@H]2C(=O)N(c3ccc(Br)cc3)C[C@@H]2C=C2SC=C[C@@H]21. The van der Waals surface area contributed by atoms with Gasteiger partial charge in [-0.1, -0.05) is 28.1 Å². The Morgan fingerprint density at radius 2 is 2.04 bits per heavy atom. The molecule has 1 N–H and O–H groups in total. The third-order valence-corrected chi connectivity index (χ3v) is 6.30. The Bertz CT molecular complexity index is 743. The van der Waals surface area contributed by atoms with Crippen molar-refractivity contribution in [3.63, 3.8) is 0 Å². The molecule has 4 nitrogen and oxygen atoms in total. The first kappa shape index (κ1) is 15.0. The predicted molar refractivity (Wildman–Crippen MR) is 92.9 cm³/mol. The number of carbonyl (C=O) groups excluding carboxylic acids is 1. The summed E-state index contributed by atoms with van der Waals surface area (Å²) in [7, 11) is 0. The summed E-state index contributed by atoms with van der Waals surface area (Å²) in [4.78, 5) is 27.5. The minimum atomic E-state index is -0.881. The molecule has 4 rings (SSSR count). The Labute approximate surface area is 146 Å². The molecule has 1 aromatic carbocycles. The van der Waals surface area contributed by atoms with Gasteiger partial charge in [-0.25, -0.2) is 0 Å².